The average Bonchev–Trinajstić information content (AvgIpc) is 2.97. The van der Waals surface area contributed by atoms with Crippen LogP contribution in [0.2, 0.25) is 0 Å². The Labute approximate surface area is 151 Å². The summed E-state index contributed by atoms with van der Waals surface area (Å²) in [6.07, 6.45) is 0.941. The number of nitrogens with zero attached hydrogens (tertiary/aromatic N) is 3. The second kappa shape index (κ2) is 6.59. The Kier molecular flexibility index (Phi) is 4.13. The molecule has 0 atom stereocenters. The number of amides is 1. The largest absolute Gasteiger partial charge is 0.305 e. The van der Waals surface area contributed by atoms with E-state index in [-0.39, 0.29) is 5.91 Å². The number of nitrogens with one attached hydrogen (secondary N) is 1. The van der Waals surface area contributed by atoms with Crippen molar-refractivity contribution in [2.45, 2.75) is 26.8 Å². The van der Waals surface area contributed by atoms with Gasteiger partial charge in [-0.3, -0.25) is 4.79 Å². The number of carbonyl (C=O) groups excluding carboxylic acids is 1. The molecule has 130 valence electrons. The number of aryl methyl sites for hydroxylation is 2. The van der Waals surface area contributed by atoms with Gasteiger partial charge in [-0.15, -0.1) is 0 Å². The van der Waals surface area contributed by atoms with Gasteiger partial charge >= 0.3 is 0 Å². The van der Waals surface area contributed by atoms with Gasteiger partial charge in [-0.2, -0.15) is 5.10 Å². The fourth-order valence-corrected chi connectivity index (χ4v) is 3.12. The Balaban J connectivity index is 1.81. The zero-order valence-corrected chi connectivity index (χ0v) is 14.9. The Bertz CT molecular complexity index is 1110. The number of rotatable bonds is 4. The van der Waals surface area contributed by atoms with Gasteiger partial charge in [-0.05, 0) is 37.6 Å². The summed E-state index contributed by atoms with van der Waals surface area (Å²) in [5.74, 6) is 0.392. The lowest BCUT2D eigenvalue weighted by atomic mass is 10.1. The van der Waals surface area contributed by atoms with Crippen LogP contribution in [0.4, 0.5) is 5.82 Å². The number of para-hydroxylation sites is 1. The molecular formula is C21H20N4O. The van der Waals surface area contributed by atoms with Crippen molar-refractivity contribution in [3.8, 4) is 0 Å². The van der Waals surface area contributed by atoms with Crippen molar-refractivity contribution in [1.82, 2.24) is 14.8 Å². The summed E-state index contributed by atoms with van der Waals surface area (Å²) in [6, 6.07) is 17.5. The Morgan fingerprint density at radius 3 is 2.77 bits per heavy atom. The molecule has 5 heteroatoms. The SMILES string of the molecule is CCCn1nc(NC(=O)c2cccc(C)c2)c2cc3ccccc3nc21. The maximum absolute atomic E-state index is 12.7. The number of fused-ring (bicyclic) bond motifs is 2. The molecule has 0 radical (unpaired) electrons. The van der Waals surface area contributed by atoms with E-state index in [2.05, 4.69) is 17.3 Å². The lowest BCUT2D eigenvalue weighted by Crippen LogP contribution is -2.13. The zero-order valence-electron chi connectivity index (χ0n) is 14.9. The number of hydrogen-bond acceptors (Lipinski definition) is 3. The van der Waals surface area contributed by atoms with Gasteiger partial charge in [0.1, 0.15) is 0 Å². The third-order valence-corrected chi connectivity index (χ3v) is 4.37. The van der Waals surface area contributed by atoms with Crippen molar-refractivity contribution in [3.05, 3.63) is 65.7 Å². The molecule has 0 fully saturated rings. The molecule has 5 nitrogen and oxygen atoms in total. The van der Waals surface area contributed by atoms with E-state index in [0.717, 1.165) is 40.5 Å². The van der Waals surface area contributed by atoms with Crippen LogP contribution in [0.15, 0.2) is 54.6 Å². The highest BCUT2D eigenvalue weighted by atomic mass is 16.1. The predicted octanol–water partition coefficient (Wildman–Crippen LogP) is 4.56. The smallest absolute Gasteiger partial charge is 0.256 e. The lowest BCUT2D eigenvalue weighted by Gasteiger charge is -2.04. The molecule has 0 bridgehead atoms. The van der Waals surface area contributed by atoms with Crippen molar-refractivity contribution >= 4 is 33.7 Å². The highest BCUT2D eigenvalue weighted by Gasteiger charge is 2.16. The van der Waals surface area contributed by atoms with Crippen LogP contribution >= 0.6 is 0 Å². The molecule has 4 aromatic rings. The third-order valence-electron chi connectivity index (χ3n) is 4.37. The van der Waals surface area contributed by atoms with Crippen LogP contribution in [0.25, 0.3) is 21.9 Å². The van der Waals surface area contributed by atoms with E-state index in [1.165, 1.54) is 0 Å². The molecule has 2 aromatic heterocycles. The van der Waals surface area contributed by atoms with Gasteiger partial charge < -0.3 is 5.32 Å². The maximum atomic E-state index is 12.7. The Morgan fingerprint density at radius 1 is 1.12 bits per heavy atom. The van der Waals surface area contributed by atoms with Crippen LogP contribution in [-0.2, 0) is 6.54 Å². The quantitative estimate of drug-likeness (QED) is 0.590. The molecule has 2 aromatic carbocycles. The summed E-state index contributed by atoms with van der Waals surface area (Å²) in [7, 11) is 0. The molecule has 4 rings (SSSR count). The predicted molar refractivity (Wildman–Crippen MR) is 104 cm³/mol. The van der Waals surface area contributed by atoms with Crippen molar-refractivity contribution < 1.29 is 4.79 Å². The van der Waals surface area contributed by atoms with Gasteiger partial charge in [-0.25, -0.2) is 9.67 Å². The molecule has 0 saturated carbocycles. The Hall–Kier alpha value is -3.21. The fourth-order valence-electron chi connectivity index (χ4n) is 3.12. The van der Waals surface area contributed by atoms with Crippen LogP contribution in [0, 0.1) is 6.92 Å². The number of carbonyl (C=O) groups is 1. The number of anilines is 1. The van der Waals surface area contributed by atoms with Gasteiger partial charge in [0.25, 0.3) is 5.91 Å². The number of aromatic nitrogens is 3. The summed E-state index contributed by atoms with van der Waals surface area (Å²) in [5.41, 5.74) is 3.39. The molecular weight excluding hydrogens is 324 g/mol. The van der Waals surface area contributed by atoms with Gasteiger partial charge in [0, 0.05) is 17.5 Å². The first kappa shape index (κ1) is 16.3. The van der Waals surface area contributed by atoms with Crippen molar-refractivity contribution in [2.75, 3.05) is 5.32 Å². The van der Waals surface area contributed by atoms with Gasteiger partial charge in [0.05, 0.1) is 10.9 Å². The summed E-state index contributed by atoms with van der Waals surface area (Å²) >= 11 is 0. The second-order valence-electron chi connectivity index (χ2n) is 6.45. The van der Waals surface area contributed by atoms with E-state index in [0.29, 0.717) is 11.4 Å². The molecule has 0 unspecified atom stereocenters. The maximum Gasteiger partial charge on any atom is 0.256 e. The first-order valence-electron chi connectivity index (χ1n) is 8.80. The van der Waals surface area contributed by atoms with Gasteiger partial charge in [0.15, 0.2) is 11.5 Å². The van der Waals surface area contributed by atoms with Gasteiger partial charge in [0.2, 0.25) is 0 Å². The van der Waals surface area contributed by atoms with Crippen molar-refractivity contribution in [2.24, 2.45) is 0 Å². The van der Waals surface area contributed by atoms with E-state index in [1.807, 2.05) is 60.1 Å². The molecule has 0 aliphatic rings. The number of hydrogen-bond donors (Lipinski definition) is 1. The van der Waals surface area contributed by atoms with Crippen LogP contribution in [-0.4, -0.2) is 20.7 Å². The zero-order chi connectivity index (χ0) is 18.1. The molecule has 0 saturated heterocycles. The highest BCUT2D eigenvalue weighted by molar-refractivity contribution is 6.08. The van der Waals surface area contributed by atoms with Crippen LogP contribution in [0.3, 0.4) is 0 Å². The average molecular weight is 344 g/mol. The summed E-state index contributed by atoms with van der Waals surface area (Å²) in [6.45, 7) is 4.82. The second-order valence-corrected chi connectivity index (χ2v) is 6.45. The van der Waals surface area contributed by atoms with Crippen LogP contribution in [0.5, 0.6) is 0 Å². The fraction of sp³-hybridized carbons (Fsp3) is 0.190. The van der Waals surface area contributed by atoms with E-state index in [9.17, 15) is 4.79 Å². The summed E-state index contributed by atoms with van der Waals surface area (Å²) < 4.78 is 1.87. The Morgan fingerprint density at radius 2 is 1.96 bits per heavy atom. The van der Waals surface area contributed by atoms with Crippen molar-refractivity contribution in [3.63, 3.8) is 0 Å². The first-order chi connectivity index (χ1) is 12.7. The van der Waals surface area contributed by atoms with E-state index < -0.39 is 0 Å². The standard InChI is InChI=1S/C21H20N4O/c1-3-11-25-20-17(13-15-8-4-5-10-18(15)22-20)19(24-25)23-21(26)16-9-6-7-14(2)12-16/h4-10,12-13H,3,11H2,1-2H3,(H,23,24,26). The molecule has 26 heavy (non-hydrogen) atoms. The van der Waals surface area contributed by atoms with E-state index in [1.54, 1.807) is 6.07 Å². The molecule has 1 amide bonds. The molecule has 2 heterocycles. The minimum absolute atomic E-state index is 0.162. The van der Waals surface area contributed by atoms with Crippen molar-refractivity contribution in [1.29, 1.82) is 0 Å². The normalized spacial score (nSPS) is 11.2. The lowest BCUT2D eigenvalue weighted by molar-refractivity contribution is 0.102. The van der Waals surface area contributed by atoms with E-state index >= 15 is 0 Å². The van der Waals surface area contributed by atoms with E-state index in [4.69, 9.17) is 4.98 Å². The minimum Gasteiger partial charge on any atom is -0.305 e. The highest BCUT2D eigenvalue weighted by Crippen LogP contribution is 2.26. The molecule has 0 spiro atoms. The van der Waals surface area contributed by atoms with Crippen LogP contribution < -0.4 is 5.32 Å². The minimum atomic E-state index is -0.162. The monoisotopic (exact) mass is 344 g/mol. The molecule has 1 N–H and O–H groups in total. The topological polar surface area (TPSA) is 59.8 Å². The number of pyridine rings is 1. The molecule has 0 aliphatic heterocycles. The van der Waals surface area contributed by atoms with Gasteiger partial charge in [-0.1, -0.05) is 42.8 Å². The first-order valence-corrected chi connectivity index (χ1v) is 8.80. The van der Waals surface area contributed by atoms with Crippen LogP contribution in [0.1, 0.15) is 29.3 Å². The number of benzene rings is 2. The summed E-state index contributed by atoms with van der Waals surface area (Å²) in [5, 5.41) is 9.46. The molecule has 0 aliphatic carbocycles. The third kappa shape index (κ3) is 2.92. The summed E-state index contributed by atoms with van der Waals surface area (Å²) in [4.78, 5) is 17.4.